The van der Waals surface area contributed by atoms with Crippen molar-refractivity contribution in [2.45, 2.75) is 13.0 Å². The maximum Gasteiger partial charge on any atom is 0.0591 e. The van der Waals surface area contributed by atoms with Crippen LogP contribution in [-0.2, 0) is 16.0 Å². The van der Waals surface area contributed by atoms with Crippen LogP contribution in [0.5, 0.6) is 0 Å². The lowest BCUT2D eigenvalue weighted by Gasteiger charge is -2.09. The first-order chi connectivity index (χ1) is 8.45. The van der Waals surface area contributed by atoms with Crippen molar-refractivity contribution in [3.8, 4) is 0 Å². The van der Waals surface area contributed by atoms with Crippen LogP contribution in [0.3, 0.4) is 0 Å². The van der Waals surface area contributed by atoms with Crippen molar-refractivity contribution in [3.05, 3.63) is 30.1 Å². The Morgan fingerprint density at radius 2 is 2.47 bits per heavy atom. The van der Waals surface area contributed by atoms with E-state index in [-0.39, 0.29) is 0 Å². The smallest absolute Gasteiger partial charge is 0.0591 e. The Morgan fingerprint density at radius 1 is 1.47 bits per heavy atom. The molecule has 1 aromatic heterocycles. The van der Waals surface area contributed by atoms with E-state index in [0.29, 0.717) is 5.92 Å². The van der Waals surface area contributed by atoms with E-state index >= 15 is 0 Å². The quantitative estimate of drug-likeness (QED) is 0.723. The summed E-state index contributed by atoms with van der Waals surface area (Å²) in [4.78, 5) is 4.24. The number of hydrogen-bond acceptors (Lipinski definition) is 4. The molecule has 1 aromatic rings. The monoisotopic (exact) mass is 236 g/mol. The molecular formula is C13H20N2O2. The van der Waals surface area contributed by atoms with Gasteiger partial charge in [-0.05, 0) is 18.6 Å². The van der Waals surface area contributed by atoms with Crippen molar-refractivity contribution < 1.29 is 9.47 Å². The highest BCUT2D eigenvalue weighted by atomic mass is 16.5. The van der Waals surface area contributed by atoms with Gasteiger partial charge in [0.2, 0.25) is 0 Å². The molecule has 0 spiro atoms. The highest BCUT2D eigenvalue weighted by Crippen LogP contribution is 2.11. The molecule has 0 radical (unpaired) electrons. The van der Waals surface area contributed by atoms with Gasteiger partial charge in [-0.3, -0.25) is 4.98 Å². The fourth-order valence-corrected chi connectivity index (χ4v) is 1.83. The molecule has 17 heavy (non-hydrogen) atoms. The molecule has 2 rings (SSSR count). The lowest BCUT2D eigenvalue weighted by Crippen LogP contribution is -2.21. The van der Waals surface area contributed by atoms with Gasteiger partial charge in [0.1, 0.15) is 0 Å². The summed E-state index contributed by atoms with van der Waals surface area (Å²) in [7, 11) is 0. The first kappa shape index (κ1) is 12.5. The SMILES string of the molecule is c1ccc(CNCCOCC2CCOC2)nc1. The predicted molar refractivity (Wildman–Crippen MR) is 65.7 cm³/mol. The second-order valence-electron chi connectivity index (χ2n) is 4.30. The van der Waals surface area contributed by atoms with E-state index in [1.165, 1.54) is 0 Å². The highest BCUT2D eigenvalue weighted by Gasteiger charge is 2.14. The number of pyridine rings is 1. The largest absolute Gasteiger partial charge is 0.381 e. The molecule has 1 saturated heterocycles. The Kier molecular flexibility index (Phi) is 5.42. The Bertz CT molecular complexity index is 300. The zero-order valence-electron chi connectivity index (χ0n) is 10.1. The molecule has 94 valence electrons. The number of nitrogens with one attached hydrogen (secondary N) is 1. The summed E-state index contributed by atoms with van der Waals surface area (Å²) < 4.78 is 10.9. The van der Waals surface area contributed by atoms with Crippen molar-refractivity contribution in [3.63, 3.8) is 0 Å². The maximum atomic E-state index is 5.59. The third kappa shape index (κ3) is 4.81. The van der Waals surface area contributed by atoms with Crippen molar-refractivity contribution in [2.75, 3.05) is 33.0 Å². The molecule has 2 heterocycles. The molecule has 1 fully saturated rings. The first-order valence-electron chi connectivity index (χ1n) is 6.21. The predicted octanol–water partition coefficient (Wildman–Crippen LogP) is 1.22. The topological polar surface area (TPSA) is 43.4 Å². The standard InChI is InChI=1S/C13H20N2O2/c1-2-5-15-13(3-1)9-14-6-8-17-11-12-4-7-16-10-12/h1-3,5,12,14H,4,6-11H2. The van der Waals surface area contributed by atoms with Crippen molar-refractivity contribution in [2.24, 2.45) is 5.92 Å². The summed E-state index contributed by atoms with van der Waals surface area (Å²) in [6.07, 6.45) is 2.95. The average Bonchev–Trinajstić information content (AvgIpc) is 2.88. The molecule has 0 saturated carbocycles. The van der Waals surface area contributed by atoms with E-state index in [1.54, 1.807) is 0 Å². The molecule has 1 aliphatic rings. The third-order valence-electron chi connectivity index (χ3n) is 2.83. The second kappa shape index (κ2) is 7.37. The fourth-order valence-electron chi connectivity index (χ4n) is 1.83. The minimum Gasteiger partial charge on any atom is -0.381 e. The van der Waals surface area contributed by atoms with E-state index in [2.05, 4.69) is 10.3 Å². The van der Waals surface area contributed by atoms with Gasteiger partial charge < -0.3 is 14.8 Å². The summed E-state index contributed by atoms with van der Waals surface area (Å²) in [5, 5.41) is 3.31. The lowest BCUT2D eigenvalue weighted by atomic mass is 10.1. The molecule has 0 aromatic carbocycles. The van der Waals surface area contributed by atoms with Gasteiger partial charge in [-0.25, -0.2) is 0 Å². The third-order valence-corrected chi connectivity index (χ3v) is 2.83. The highest BCUT2D eigenvalue weighted by molar-refractivity contribution is 5.02. The van der Waals surface area contributed by atoms with Gasteiger partial charge in [0.05, 0.1) is 25.5 Å². The Balaban J connectivity index is 1.46. The van der Waals surface area contributed by atoms with Crippen molar-refractivity contribution in [1.29, 1.82) is 0 Å². The number of ether oxygens (including phenoxy) is 2. The van der Waals surface area contributed by atoms with Crippen LogP contribution >= 0.6 is 0 Å². The molecule has 0 aliphatic carbocycles. The molecule has 4 heteroatoms. The normalized spacial score (nSPS) is 19.6. The lowest BCUT2D eigenvalue weighted by molar-refractivity contribution is 0.0912. The van der Waals surface area contributed by atoms with Gasteiger partial charge in [0.25, 0.3) is 0 Å². The second-order valence-corrected chi connectivity index (χ2v) is 4.30. The average molecular weight is 236 g/mol. The summed E-state index contributed by atoms with van der Waals surface area (Å²) in [6.45, 7) is 5.00. The molecule has 0 amide bonds. The Morgan fingerprint density at radius 3 is 3.24 bits per heavy atom. The zero-order chi connectivity index (χ0) is 11.8. The van der Waals surface area contributed by atoms with E-state index in [0.717, 1.165) is 51.6 Å². The van der Waals surface area contributed by atoms with Crippen molar-refractivity contribution >= 4 is 0 Å². The number of nitrogens with zero attached hydrogens (tertiary/aromatic N) is 1. The van der Waals surface area contributed by atoms with Crippen LogP contribution in [-0.4, -0.2) is 38.0 Å². The number of hydrogen-bond donors (Lipinski definition) is 1. The minimum atomic E-state index is 0.603. The number of aromatic nitrogens is 1. The molecular weight excluding hydrogens is 216 g/mol. The van der Waals surface area contributed by atoms with Crippen LogP contribution in [0, 0.1) is 5.92 Å². The number of rotatable bonds is 7. The van der Waals surface area contributed by atoms with Gasteiger partial charge >= 0.3 is 0 Å². The minimum absolute atomic E-state index is 0.603. The van der Waals surface area contributed by atoms with Crippen LogP contribution in [0.25, 0.3) is 0 Å². The maximum absolute atomic E-state index is 5.59. The molecule has 1 atom stereocenters. The molecule has 4 nitrogen and oxygen atoms in total. The van der Waals surface area contributed by atoms with Crippen LogP contribution in [0.15, 0.2) is 24.4 Å². The van der Waals surface area contributed by atoms with E-state index in [4.69, 9.17) is 9.47 Å². The van der Waals surface area contributed by atoms with Gasteiger partial charge in [-0.15, -0.1) is 0 Å². The van der Waals surface area contributed by atoms with E-state index in [1.807, 2.05) is 24.4 Å². The summed E-state index contributed by atoms with van der Waals surface area (Å²) in [5.74, 6) is 0.603. The molecule has 1 N–H and O–H groups in total. The Hall–Kier alpha value is -0.970. The van der Waals surface area contributed by atoms with Gasteiger partial charge in [-0.2, -0.15) is 0 Å². The molecule has 0 bridgehead atoms. The van der Waals surface area contributed by atoms with Gasteiger partial charge in [-0.1, -0.05) is 6.07 Å². The molecule has 1 unspecified atom stereocenters. The van der Waals surface area contributed by atoms with E-state index in [9.17, 15) is 0 Å². The summed E-state index contributed by atoms with van der Waals surface area (Å²) >= 11 is 0. The fraction of sp³-hybridized carbons (Fsp3) is 0.615. The van der Waals surface area contributed by atoms with Crippen LogP contribution < -0.4 is 5.32 Å². The Labute approximate surface area is 102 Å². The van der Waals surface area contributed by atoms with Crippen LogP contribution in [0.2, 0.25) is 0 Å². The van der Waals surface area contributed by atoms with Crippen LogP contribution in [0.4, 0.5) is 0 Å². The van der Waals surface area contributed by atoms with Gasteiger partial charge in [0.15, 0.2) is 0 Å². The summed E-state index contributed by atoms with van der Waals surface area (Å²) in [6, 6.07) is 5.95. The van der Waals surface area contributed by atoms with Crippen molar-refractivity contribution in [1.82, 2.24) is 10.3 Å². The summed E-state index contributed by atoms with van der Waals surface area (Å²) in [5.41, 5.74) is 1.07. The molecule has 1 aliphatic heterocycles. The van der Waals surface area contributed by atoms with E-state index < -0.39 is 0 Å². The first-order valence-corrected chi connectivity index (χ1v) is 6.21. The zero-order valence-corrected chi connectivity index (χ0v) is 10.1. The van der Waals surface area contributed by atoms with Crippen LogP contribution in [0.1, 0.15) is 12.1 Å². The van der Waals surface area contributed by atoms with Gasteiger partial charge in [0, 0.05) is 31.8 Å².